The smallest absolute Gasteiger partial charge is 0.309 e. The molecule has 0 spiro atoms. The van der Waals surface area contributed by atoms with Gasteiger partial charge in [-0.3, -0.25) is 0 Å². The second kappa shape index (κ2) is 17.2. The molecule has 0 saturated heterocycles. The number of benzene rings is 10. The lowest BCUT2D eigenvalue weighted by atomic mass is 9.97. The minimum absolute atomic E-state index is 0.371. The summed E-state index contributed by atoms with van der Waals surface area (Å²) >= 11 is 0. The predicted molar refractivity (Wildman–Crippen MR) is 286 cm³/mol. The molecular formula is C64H40F3N5. The Morgan fingerprint density at radius 2 is 0.708 bits per heavy atom. The number of aromatic nitrogens is 5. The first kappa shape index (κ1) is 42.7. The average molecular weight is 936 g/mol. The van der Waals surface area contributed by atoms with Crippen LogP contribution >= 0.6 is 0 Å². The lowest BCUT2D eigenvalue weighted by molar-refractivity contribution is -0.137. The van der Waals surface area contributed by atoms with Crippen molar-refractivity contribution in [2.75, 3.05) is 0 Å². The van der Waals surface area contributed by atoms with E-state index in [0.717, 1.165) is 77.0 Å². The van der Waals surface area contributed by atoms with E-state index in [0.29, 0.717) is 45.5 Å². The highest BCUT2D eigenvalue weighted by Crippen LogP contribution is 2.44. The number of nitrogens with zero attached hydrogens (tertiary/aromatic N) is 5. The second-order valence-electron chi connectivity index (χ2n) is 17.9. The lowest BCUT2D eigenvalue weighted by Crippen LogP contribution is -2.08. The predicted octanol–water partition coefficient (Wildman–Crippen LogP) is 17.1. The van der Waals surface area contributed by atoms with Crippen LogP contribution in [0.25, 0.3) is 123 Å². The highest BCUT2D eigenvalue weighted by molar-refractivity contribution is 6.12. The summed E-state index contributed by atoms with van der Waals surface area (Å²) in [4.78, 5) is 15.1. The van der Waals surface area contributed by atoms with Crippen LogP contribution in [-0.4, -0.2) is 24.1 Å². The zero-order valence-electron chi connectivity index (χ0n) is 38.5. The molecule has 0 bridgehead atoms. The minimum Gasteiger partial charge on any atom is -0.309 e. The summed E-state index contributed by atoms with van der Waals surface area (Å²) in [6, 6.07) is 78.8. The molecule has 0 aliphatic heterocycles. The van der Waals surface area contributed by atoms with Gasteiger partial charge < -0.3 is 9.13 Å². The van der Waals surface area contributed by atoms with Crippen LogP contribution in [0.3, 0.4) is 0 Å². The van der Waals surface area contributed by atoms with Crippen molar-refractivity contribution in [3.05, 3.63) is 248 Å². The van der Waals surface area contributed by atoms with Crippen LogP contribution in [0.4, 0.5) is 13.2 Å². The van der Waals surface area contributed by atoms with Crippen LogP contribution in [0, 0.1) is 0 Å². The van der Waals surface area contributed by atoms with Crippen molar-refractivity contribution in [2.24, 2.45) is 0 Å². The van der Waals surface area contributed by atoms with Crippen molar-refractivity contribution < 1.29 is 13.2 Å². The van der Waals surface area contributed by atoms with Gasteiger partial charge in [0.15, 0.2) is 17.5 Å². The number of alkyl halides is 3. The topological polar surface area (TPSA) is 48.5 Å². The highest BCUT2D eigenvalue weighted by Gasteiger charge is 2.33. The van der Waals surface area contributed by atoms with Gasteiger partial charge in [-0.15, -0.1) is 0 Å². The quantitative estimate of drug-likeness (QED) is 0.153. The van der Waals surface area contributed by atoms with Crippen LogP contribution < -0.4 is 0 Å². The lowest BCUT2D eigenvalue weighted by Gasteiger charge is -2.19. The maximum atomic E-state index is 15.7. The van der Waals surface area contributed by atoms with Gasteiger partial charge in [0, 0.05) is 49.5 Å². The molecular weight excluding hydrogens is 896 g/mol. The highest BCUT2D eigenvalue weighted by atomic mass is 19.4. The maximum absolute atomic E-state index is 15.7. The molecule has 0 saturated carbocycles. The van der Waals surface area contributed by atoms with Gasteiger partial charge in [-0.1, -0.05) is 170 Å². The van der Waals surface area contributed by atoms with E-state index in [1.807, 2.05) is 174 Å². The molecule has 0 radical (unpaired) electrons. The van der Waals surface area contributed by atoms with Gasteiger partial charge in [-0.25, -0.2) is 15.0 Å². The summed E-state index contributed by atoms with van der Waals surface area (Å²) in [7, 11) is 0. The zero-order chi connectivity index (χ0) is 48.3. The number of halogens is 3. The Labute approximate surface area is 412 Å². The van der Waals surface area contributed by atoms with Gasteiger partial charge >= 0.3 is 6.18 Å². The molecule has 72 heavy (non-hydrogen) atoms. The Morgan fingerprint density at radius 1 is 0.292 bits per heavy atom. The molecule has 10 aromatic carbocycles. The number of para-hydroxylation sites is 2. The first-order valence-electron chi connectivity index (χ1n) is 23.7. The van der Waals surface area contributed by atoms with Crippen molar-refractivity contribution in [2.45, 2.75) is 6.18 Å². The monoisotopic (exact) mass is 935 g/mol. The van der Waals surface area contributed by atoms with Crippen molar-refractivity contribution in [1.82, 2.24) is 24.1 Å². The van der Waals surface area contributed by atoms with Gasteiger partial charge in [0.2, 0.25) is 0 Å². The summed E-state index contributed by atoms with van der Waals surface area (Å²) in [5, 5.41) is 3.91. The van der Waals surface area contributed by atoms with Gasteiger partial charge in [0.1, 0.15) is 0 Å². The number of fused-ring (bicyclic) bond motifs is 6. The third kappa shape index (κ3) is 7.48. The molecule has 5 nitrogen and oxygen atoms in total. The molecule has 8 heteroatoms. The summed E-state index contributed by atoms with van der Waals surface area (Å²) < 4.78 is 51.1. The van der Waals surface area contributed by atoms with Crippen molar-refractivity contribution in [1.29, 1.82) is 0 Å². The van der Waals surface area contributed by atoms with Crippen LogP contribution in [0.2, 0.25) is 0 Å². The van der Waals surface area contributed by atoms with Gasteiger partial charge in [-0.2, -0.15) is 13.2 Å². The number of hydrogen-bond donors (Lipinski definition) is 0. The van der Waals surface area contributed by atoms with Gasteiger partial charge in [-0.05, 0) is 101 Å². The average Bonchev–Trinajstić information content (AvgIpc) is 3.95. The summed E-state index contributed by atoms with van der Waals surface area (Å²) in [5.74, 6) is 1.34. The molecule has 0 aliphatic rings. The van der Waals surface area contributed by atoms with Crippen LogP contribution in [0.1, 0.15) is 5.56 Å². The van der Waals surface area contributed by atoms with E-state index in [9.17, 15) is 0 Å². The minimum atomic E-state index is -4.69. The van der Waals surface area contributed by atoms with E-state index in [1.54, 1.807) is 0 Å². The largest absolute Gasteiger partial charge is 0.416 e. The first-order valence-corrected chi connectivity index (χ1v) is 23.7. The Hall–Kier alpha value is -9.40. The second-order valence-corrected chi connectivity index (χ2v) is 17.9. The summed E-state index contributed by atoms with van der Waals surface area (Å²) in [6.45, 7) is 0. The molecule has 13 rings (SSSR count). The molecule has 0 unspecified atom stereocenters. The Bertz CT molecular complexity index is 4130. The Balaban J connectivity index is 1.09. The number of rotatable bonds is 8. The maximum Gasteiger partial charge on any atom is 0.416 e. The molecule has 3 aromatic heterocycles. The Morgan fingerprint density at radius 3 is 1.22 bits per heavy atom. The van der Waals surface area contributed by atoms with Gasteiger partial charge in [0.25, 0.3) is 0 Å². The van der Waals surface area contributed by atoms with Crippen LogP contribution in [0.5, 0.6) is 0 Å². The van der Waals surface area contributed by atoms with Crippen molar-refractivity contribution >= 4 is 43.6 Å². The van der Waals surface area contributed by atoms with E-state index in [2.05, 4.69) is 65.2 Å². The number of hydrogen-bond acceptors (Lipinski definition) is 3. The third-order valence-electron chi connectivity index (χ3n) is 13.6. The SMILES string of the molecule is FC(F)(F)c1cc(-c2cc(-c3nc(-c4ccccc4)nc(-c4ccccc4)n3)ccc2-n2c3ccccc3c3cc(-c4ccccc4)ccc32)cc(-n2c3ccccc3c3cc(-c4ccccc4)ccc32)c1. The van der Waals surface area contributed by atoms with Crippen molar-refractivity contribution in [3.8, 4) is 78.9 Å². The van der Waals surface area contributed by atoms with Gasteiger partial charge in [0.05, 0.1) is 33.3 Å². The van der Waals surface area contributed by atoms with Crippen LogP contribution in [-0.2, 0) is 6.18 Å². The van der Waals surface area contributed by atoms with Crippen molar-refractivity contribution in [3.63, 3.8) is 0 Å². The fourth-order valence-electron chi connectivity index (χ4n) is 10.2. The van der Waals surface area contributed by atoms with Crippen LogP contribution in [0.15, 0.2) is 243 Å². The molecule has 0 fully saturated rings. The zero-order valence-corrected chi connectivity index (χ0v) is 38.5. The molecule has 0 aliphatic carbocycles. The molecule has 342 valence electrons. The molecule has 3 heterocycles. The third-order valence-corrected chi connectivity index (χ3v) is 13.6. The first-order chi connectivity index (χ1) is 35.3. The van der Waals surface area contributed by atoms with E-state index in [1.165, 1.54) is 12.1 Å². The summed E-state index contributed by atoms with van der Waals surface area (Å²) in [5.41, 5.74) is 11.1. The Kier molecular flexibility index (Phi) is 10.2. The molecule has 0 amide bonds. The fourth-order valence-corrected chi connectivity index (χ4v) is 10.2. The van der Waals surface area contributed by atoms with E-state index in [-0.39, 0.29) is 0 Å². The normalized spacial score (nSPS) is 11.8. The van der Waals surface area contributed by atoms with E-state index in [4.69, 9.17) is 15.0 Å². The molecule has 0 atom stereocenters. The molecule has 13 aromatic rings. The fraction of sp³-hybridized carbons (Fsp3) is 0.0156. The summed E-state index contributed by atoms with van der Waals surface area (Å²) in [6.07, 6.45) is -4.69. The van der Waals surface area contributed by atoms with E-state index >= 15 is 13.2 Å². The standard InChI is InChI=1S/C64H40F3N5/c65-64(66,67)49-35-48(36-50(40-49)71-56-27-15-13-25-51(56)54-37-45(29-32-59(54)71)41-17-5-1-6-18-41)53-39-47(63-69-61(43-21-9-3-10-22-43)68-62(70-63)44-23-11-4-12-24-44)31-34-58(53)72-57-28-16-14-26-52(57)55-38-46(30-33-60(55)72)42-19-7-2-8-20-42/h1-40H. The van der Waals surface area contributed by atoms with E-state index < -0.39 is 11.7 Å². The molecule has 0 N–H and O–H groups in total.